The monoisotopic (exact) mass is 183 g/mol. The summed E-state index contributed by atoms with van der Waals surface area (Å²) in [7, 11) is 0. The van der Waals surface area contributed by atoms with Gasteiger partial charge in [-0.1, -0.05) is 17.7 Å². The van der Waals surface area contributed by atoms with E-state index in [-0.39, 0.29) is 5.82 Å². The van der Waals surface area contributed by atoms with Crippen molar-refractivity contribution in [1.82, 2.24) is 4.98 Å². The van der Waals surface area contributed by atoms with E-state index in [4.69, 9.17) is 11.6 Å². The maximum Gasteiger partial charge on any atom is 0.124 e. The molecule has 12 heavy (non-hydrogen) atoms. The highest BCUT2D eigenvalue weighted by molar-refractivity contribution is 6.30. The molecular formula is C9H7ClFN. The summed E-state index contributed by atoms with van der Waals surface area (Å²) in [6, 6.07) is 7.34. The second-order valence-electron chi connectivity index (χ2n) is 2.08. The van der Waals surface area contributed by atoms with Gasteiger partial charge in [-0.25, -0.2) is 4.39 Å². The first kappa shape index (κ1) is 8.94. The van der Waals surface area contributed by atoms with Crippen LogP contribution in [0.15, 0.2) is 42.7 Å². The lowest BCUT2D eigenvalue weighted by molar-refractivity contribution is 0.628. The number of hydrogen-bond acceptors (Lipinski definition) is 1. The smallest absolute Gasteiger partial charge is 0.124 e. The van der Waals surface area contributed by atoms with Crippen LogP contribution in [0.4, 0.5) is 4.39 Å². The van der Waals surface area contributed by atoms with Gasteiger partial charge in [-0.2, -0.15) is 0 Å². The van der Waals surface area contributed by atoms with Crippen LogP contribution in [0.5, 0.6) is 0 Å². The Balaban J connectivity index is 3.19. The number of hydrogen-bond donors (Lipinski definition) is 0. The lowest BCUT2D eigenvalue weighted by Crippen LogP contribution is -1.66. The predicted molar refractivity (Wildman–Crippen MR) is 46.8 cm³/mol. The summed E-state index contributed by atoms with van der Waals surface area (Å²) in [5.41, 5.74) is 0. The van der Waals surface area contributed by atoms with Crippen molar-refractivity contribution in [2.75, 3.05) is 0 Å². The third kappa shape index (κ3) is 3.30. The molecule has 0 aliphatic rings. The molecule has 1 heterocycles. The Bertz CT molecular complexity index is 285. The van der Waals surface area contributed by atoms with Crippen LogP contribution < -0.4 is 0 Å². The molecule has 0 fully saturated rings. The molecule has 0 saturated heterocycles. The minimum absolute atomic E-state index is 0.352. The average molecular weight is 184 g/mol. The van der Waals surface area contributed by atoms with Crippen LogP contribution in [0.2, 0.25) is 5.02 Å². The van der Waals surface area contributed by atoms with Crippen molar-refractivity contribution in [2.24, 2.45) is 0 Å². The van der Waals surface area contributed by atoms with E-state index < -0.39 is 0 Å². The third-order valence-corrected chi connectivity index (χ3v) is 1.40. The molecule has 0 unspecified atom stereocenters. The third-order valence-electron chi connectivity index (χ3n) is 1.15. The van der Waals surface area contributed by atoms with Gasteiger partial charge in [0.15, 0.2) is 0 Å². The maximum atomic E-state index is 12.7. The molecule has 1 aromatic rings. The molecule has 0 N–H and O–H groups in total. The Morgan fingerprint density at radius 2 is 1.83 bits per heavy atom. The molecule has 0 radical (unpaired) electrons. The Morgan fingerprint density at radius 1 is 1.08 bits per heavy atom. The van der Waals surface area contributed by atoms with Crippen molar-refractivity contribution in [1.29, 1.82) is 0 Å². The van der Waals surface area contributed by atoms with Gasteiger partial charge in [-0.3, -0.25) is 4.98 Å². The normalized spacial score (nSPS) is 8.83. The van der Waals surface area contributed by atoms with Crippen LogP contribution in [0, 0.1) is 5.82 Å². The quantitative estimate of drug-likeness (QED) is 0.603. The van der Waals surface area contributed by atoms with Gasteiger partial charge in [-0.15, -0.1) is 0 Å². The zero-order valence-corrected chi connectivity index (χ0v) is 7.00. The van der Waals surface area contributed by atoms with E-state index in [1.54, 1.807) is 12.1 Å². The number of nitrogens with zero attached hydrogens (tertiary/aromatic N) is 1. The van der Waals surface area contributed by atoms with Gasteiger partial charge in [0.2, 0.25) is 0 Å². The molecular weight excluding hydrogens is 177 g/mol. The first-order chi connectivity index (χ1) is 5.79. The summed E-state index contributed by atoms with van der Waals surface area (Å²) < 4.78 is 12.7. The molecule has 0 amide bonds. The molecule has 0 atom stereocenters. The molecule has 0 aliphatic carbocycles. The minimum Gasteiger partial charge on any atom is -0.265 e. The van der Waals surface area contributed by atoms with Crippen molar-refractivity contribution in [3.05, 3.63) is 53.6 Å². The molecule has 0 bridgehead atoms. The fourth-order valence-electron chi connectivity index (χ4n) is 0.621. The second-order valence-corrected chi connectivity index (χ2v) is 2.51. The van der Waals surface area contributed by atoms with Crippen LogP contribution in [0.25, 0.3) is 0 Å². The zero-order chi connectivity index (χ0) is 8.81. The van der Waals surface area contributed by atoms with Gasteiger partial charge in [0.1, 0.15) is 5.82 Å². The predicted octanol–water partition coefficient (Wildman–Crippen LogP) is 3.00. The fourth-order valence-corrected chi connectivity index (χ4v) is 0.750. The Kier molecular flexibility index (Phi) is 3.48. The summed E-state index contributed by atoms with van der Waals surface area (Å²) in [6.07, 6.45) is 2.87. The highest BCUT2D eigenvalue weighted by Gasteiger charge is 1.79. The van der Waals surface area contributed by atoms with Gasteiger partial charge >= 0.3 is 0 Å². The fraction of sp³-hybridized carbons (Fsp3) is 0. The largest absolute Gasteiger partial charge is 0.265 e. The van der Waals surface area contributed by atoms with E-state index in [1.807, 2.05) is 0 Å². The standard InChI is InChI=1S/C9H7ClFN/c10-8-2-1-3-9(11)5-7-12-6-4-8/h1-7H. The first-order valence-electron chi connectivity index (χ1n) is 3.38. The van der Waals surface area contributed by atoms with Crippen molar-refractivity contribution >= 4 is 11.6 Å². The number of halogens is 2. The van der Waals surface area contributed by atoms with Crippen LogP contribution >= 0.6 is 11.6 Å². The minimum atomic E-state index is -0.352. The van der Waals surface area contributed by atoms with E-state index in [2.05, 4.69) is 4.98 Å². The zero-order valence-electron chi connectivity index (χ0n) is 6.24. The van der Waals surface area contributed by atoms with E-state index in [9.17, 15) is 4.39 Å². The molecule has 0 aromatic carbocycles. The first-order valence-corrected chi connectivity index (χ1v) is 3.76. The van der Waals surface area contributed by atoms with E-state index >= 15 is 0 Å². The SMILES string of the molecule is Fc1cccc(Cl)ccncc1. The van der Waals surface area contributed by atoms with Crippen molar-refractivity contribution < 1.29 is 4.39 Å². The Hall–Kier alpha value is -1.15. The lowest BCUT2D eigenvalue weighted by atomic mass is 10.4. The summed E-state index contributed by atoms with van der Waals surface area (Å²) in [6.45, 7) is 0. The summed E-state index contributed by atoms with van der Waals surface area (Å²) in [5, 5.41) is 0.512. The van der Waals surface area contributed by atoms with Crippen LogP contribution in [-0.2, 0) is 0 Å². The summed E-state index contributed by atoms with van der Waals surface area (Å²) in [4.78, 5) is 3.75. The van der Waals surface area contributed by atoms with Crippen molar-refractivity contribution in [2.45, 2.75) is 0 Å². The summed E-state index contributed by atoms with van der Waals surface area (Å²) in [5.74, 6) is -0.352. The van der Waals surface area contributed by atoms with Gasteiger partial charge < -0.3 is 0 Å². The molecule has 62 valence electrons. The highest BCUT2D eigenvalue weighted by Crippen LogP contribution is 2.01. The van der Waals surface area contributed by atoms with Crippen LogP contribution in [0.1, 0.15) is 0 Å². The van der Waals surface area contributed by atoms with Gasteiger partial charge in [-0.05, 0) is 24.3 Å². The van der Waals surface area contributed by atoms with Crippen molar-refractivity contribution in [3.63, 3.8) is 0 Å². The lowest BCUT2D eigenvalue weighted by Gasteiger charge is -1.80. The van der Waals surface area contributed by atoms with Crippen LogP contribution in [0.3, 0.4) is 0 Å². The Labute approximate surface area is 75.2 Å². The van der Waals surface area contributed by atoms with E-state index in [0.717, 1.165) is 0 Å². The highest BCUT2D eigenvalue weighted by atomic mass is 35.5. The topological polar surface area (TPSA) is 12.9 Å². The van der Waals surface area contributed by atoms with E-state index in [0.29, 0.717) is 5.02 Å². The summed E-state index contributed by atoms with van der Waals surface area (Å²) >= 11 is 5.67. The molecule has 1 aromatic heterocycles. The average Bonchev–Trinajstić information content (AvgIpc) is 2.04. The molecule has 3 heteroatoms. The van der Waals surface area contributed by atoms with Gasteiger partial charge in [0, 0.05) is 17.4 Å². The van der Waals surface area contributed by atoms with Gasteiger partial charge in [0.25, 0.3) is 0 Å². The van der Waals surface area contributed by atoms with E-state index in [1.165, 1.54) is 30.6 Å². The van der Waals surface area contributed by atoms with Crippen molar-refractivity contribution in [3.8, 4) is 0 Å². The maximum absolute atomic E-state index is 12.7. The Morgan fingerprint density at radius 3 is 2.67 bits per heavy atom. The number of rotatable bonds is 0. The molecule has 0 saturated carbocycles. The molecule has 1 rings (SSSR count). The molecule has 0 aliphatic heterocycles. The van der Waals surface area contributed by atoms with Crippen LogP contribution in [-0.4, -0.2) is 4.98 Å². The molecule has 1 nitrogen and oxygen atoms in total. The second kappa shape index (κ2) is 4.67. The van der Waals surface area contributed by atoms with Gasteiger partial charge in [0.05, 0.1) is 0 Å². The molecule has 0 spiro atoms. The number of aromatic nitrogens is 1.